The van der Waals surface area contributed by atoms with E-state index in [9.17, 15) is 9.59 Å². The van der Waals surface area contributed by atoms with E-state index in [0.29, 0.717) is 41.4 Å². The van der Waals surface area contributed by atoms with Crippen LogP contribution < -0.4 is 10.9 Å². The van der Waals surface area contributed by atoms with Gasteiger partial charge in [0, 0.05) is 6.07 Å². The van der Waals surface area contributed by atoms with Gasteiger partial charge in [0.05, 0.1) is 20.8 Å². The molecule has 0 saturated carbocycles. The Kier molecular flexibility index (Phi) is 6.36. The van der Waals surface area contributed by atoms with Crippen LogP contribution in [0.5, 0.6) is 0 Å². The van der Waals surface area contributed by atoms with Crippen LogP contribution in [-0.4, -0.2) is 29.5 Å². The third-order valence-corrected chi connectivity index (χ3v) is 6.31. The van der Waals surface area contributed by atoms with Gasteiger partial charge in [0.2, 0.25) is 17.2 Å². The first-order valence-corrected chi connectivity index (χ1v) is 11.6. The maximum atomic E-state index is 12.2. The van der Waals surface area contributed by atoms with Crippen LogP contribution in [0.4, 0.5) is 0 Å². The lowest BCUT2D eigenvalue weighted by atomic mass is 10.2. The predicted octanol–water partition coefficient (Wildman–Crippen LogP) is 4.66. The summed E-state index contributed by atoms with van der Waals surface area (Å²) in [5.74, 6) is 0.604. The summed E-state index contributed by atoms with van der Waals surface area (Å²) >= 11 is 13.9. The number of halogens is 3. The summed E-state index contributed by atoms with van der Waals surface area (Å²) in [6, 6.07) is 11.5. The number of hydrogen-bond acceptors (Lipinski definition) is 8. The monoisotopic (exact) mass is 620 g/mol. The van der Waals surface area contributed by atoms with E-state index in [4.69, 9.17) is 32.0 Å². The molecule has 0 spiro atoms. The van der Waals surface area contributed by atoms with E-state index < -0.39 is 0 Å². The van der Waals surface area contributed by atoms with Crippen LogP contribution in [0.2, 0.25) is 10.0 Å². The molecule has 0 aliphatic heterocycles. The van der Waals surface area contributed by atoms with Gasteiger partial charge in [-0.1, -0.05) is 35.3 Å². The molecule has 6 aromatic rings. The van der Waals surface area contributed by atoms with E-state index in [-0.39, 0.29) is 16.7 Å². The predicted molar refractivity (Wildman–Crippen MR) is 138 cm³/mol. The van der Waals surface area contributed by atoms with Crippen molar-refractivity contribution in [1.82, 2.24) is 29.5 Å². The number of para-hydroxylation sites is 2. The fourth-order valence-electron chi connectivity index (χ4n) is 3.17. The molecule has 35 heavy (non-hydrogen) atoms. The molecule has 0 N–H and O–H groups in total. The summed E-state index contributed by atoms with van der Waals surface area (Å²) in [5, 5.41) is 9.53. The van der Waals surface area contributed by atoms with Gasteiger partial charge < -0.3 is 8.83 Å². The summed E-state index contributed by atoms with van der Waals surface area (Å²) in [5.41, 5.74) is 0.409. The highest BCUT2D eigenvalue weighted by molar-refractivity contribution is 14.1. The Morgan fingerprint density at radius 3 is 2.03 bits per heavy atom. The second-order valence-corrected chi connectivity index (χ2v) is 8.81. The quantitative estimate of drug-likeness (QED) is 0.256. The van der Waals surface area contributed by atoms with Crippen LogP contribution in [0.15, 0.2) is 86.2 Å². The zero-order chi connectivity index (χ0) is 24.5. The third kappa shape index (κ3) is 4.45. The Hall–Kier alpha value is -3.55. The molecule has 10 nitrogen and oxygen atoms in total. The van der Waals surface area contributed by atoms with Gasteiger partial charge in [-0.25, -0.2) is 9.97 Å². The number of rotatable bonds is 2. The smallest absolute Gasteiger partial charge is 0.239 e. The van der Waals surface area contributed by atoms with Crippen molar-refractivity contribution < 1.29 is 8.83 Å². The minimum atomic E-state index is -0.167. The minimum absolute atomic E-state index is 0.134. The summed E-state index contributed by atoms with van der Waals surface area (Å²) in [6.07, 6.45) is 5.63. The minimum Gasteiger partial charge on any atom is -0.436 e. The van der Waals surface area contributed by atoms with Crippen molar-refractivity contribution in [2.45, 2.75) is 0 Å². The Labute approximate surface area is 218 Å². The lowest BCUT2D eigenvalue weighted by molar-refractivity contribution is 0.542. The van der Waals surface area contributed by atoms with Gasteiger partial charge in [-0.2, -0.15) is 19.6 Å². The number of aromatic nitrogens is 6. The SMILES string of the molecule is O=c1c(I)c(-n2cncn2)oc2c(Cl)cccc12.O=c1cc(-n2cncn2)oc2c(Cl)cccc12. The summed E-state index contributed by atoms with van der Waals surface area (Å²) in [7, 11) is 0. The lowest BCUT2D eigenvalue weighted by Crippen LogP contribution is -2.11. The largest absolute Gasteiger partial charge is 0.436 e. The average Bonchev–Trinajstić information content (AvgIpc) is 3.58. The summed E-state index contributed by atoms with van der Waals surface area (Å²) < 4.78 is 14.4. The topological polar surface area (TPSA) is 122 Å². The maximum absolute atomic E-state index is 12.2. The fourth-order valence-corrected chi connectivity index (χ4v) is 4.25. The molecule has 0 unspecified atom stereocenters. The van der Waals surface area contributed by atoms with Crippen LogP contribution in [-0.2, 0) is 0 Å². The van der Waals surface area contributed by atoms with Crippen molar-refractivity contribution in [3.05, 3.63) is 102 Å². The zero-order valence-electron chi connectivity index (χ0n) is 17.3. The van der Waals surface area contributed by atoms with Gasteiger partial charge in [-0.05, 0) is 46.9 Å². The normalized spacial score (nSPS) is 10.9. The van der Waals surface area contributed by atoms with Gasteiger partial charge in [0.1, 0.15) is 28.9 Å². The third-order valence-electron chi connectivity index (χ3n) is 4.76. The molecule has 0 saturated heterocycles. The molecule has 4 aromatic heterocycles. The van der Waals surface area contributed by atoms with E-state index in [0.717, 1.165) is 0 Å². The highest BCUT2D eigenvalue weighted by Crippen LogP contribution is 2.26. The number of nitrogens with zero attached hydrogens (tertiary/aromatic N) is 6. The van der Waals surface area contributed by atoms with Gasteiger partial charge in [-0.15, -0.1) is 0 Å². The van der Waals surface area contributed by atoms with E-state index in [2.05, 4.69) is 20.2 Å². The maximum Gasteiger partial charge on any atom is 0.239 e. The second-order valence-electron chi connectivity index (χ2n) is 6.91. The first-order chi connectivity index (χ1) is 16.9. The van der Waals surface area contributed by atoms with Crippen molar-refractivity contribution in [3.63, 3.8) is 0 Å². The van der Waals surface area contributed by atoms with Crippen molar-refractivity contribution in [1.29, 1.82) is 0 Å². The van der Waals surface area contributed by atoms with Gasteiger partial charge in [0.15, 0.2) is 16.6 Å². The lowest BCUT2D eigenvalue weighted by Gasteiger charge is -2.05. The van der Waals surface area contributed by atoms with E-state index in [1.807, 2.05) is 22.6 Å². The Balaban J connectivity index is 0.000000145. The van der Waals surface area contributed by atoms with Crippen LogP contribution >= 0.6 is 45.8 Å². The van der Waals surface area contributed by atoms with Crippen molar-refractivity contribution in [2.24, 2.45) is 0 Å². The van der Waals surface area contributed by atoms with Crippen LogP contribution in [0, 0.1) is 3.57 Å². The Morgan fingerprint density at radius 2 is 1.40 bits per heavy atom. The van der Waals surface area contributed by atoms with E-state index in [1.54, 1.807) is 36.4 Å². The van der Waals surface area contributed by atoms with Crippen molar-refractivity contribution in [3.8, 4) is 11.8 Å². The average molecular weight is 621 g/mol. The molecule has 0 radical (unpaired) electrons. The van der Waals surface area contributed by atoms with Gasteiger partial charge >= 0.3 is 0 Å². The summed E-state index contributed by atoms with van der Waals surface area (Å²) in [4.78, 5) is 31.7. The van der Waals surface area contributed by atoms with Gasteiger partial charge in [-0.3, -0.25) is 9.59 Å². The van der Waals surface area contributed by atoms with Crippen LogP contribution in [0.3, 0.4) is 0 Å². The van der Waals surface area contributed by atoms with Crippen LogP contribution in [0.25, 0.3) is 33.7 Å². The molecule has 2 aromatic carbocycles. The van der Waals surface area contributed by atoms with Crippen LogP contribution in [0.1, 0.15) is 0 Å². The highest BCUT2D eigenvalue weighted by Gasteiger charge is 2.15. The highest BCUT2D eigenvalue weighted by atomic mass is 127. The zero-order valence-corrected chi connectivity index (χ0v) is 21.0. The molecule has 0 atom stereocenters. The first kappa shape index (κ1) is 23.2. The second kappa shape index (κ2) is 9.60. The Bertz CT molecular complexity index is 1780. The number of hydrogen-bond donors (Lipinski definition) is 0. The summed E-state index contributed by atoms with van der Waals surface area (Å²) in [6.45, 7) is 0. The molecular formula is C22H11Cl2IN6O4. The molecule has 0 aliphatic rings. The molecule has 0 bridgehead atoms. The molecular weight excluding hydrogens is 610 g/mol. The molecule has 0 amide bonds. The molecule has 13 heteroatoms. The van der Waals surface area contributed by atoms with E-state index >= 15 is 0 Å². The van der Waals surface area contributed by atoms with Gasteiger partial charge in [0.25, 0.3) is 0 Å². The molecule has 0 aliphatic carbocycles. The Morgan fingerprint density at radius 1 is 0.800 bits per heavy atom. The van der Waals surface area contributed by atoms with Crippen molar-refractivity contribution in [2.75, 3.05) is 0 Å². The standard InChI is InChI=1S/C11H5ClIN3O2.C11H6ClN3O2/c12-7-3-1-2-6-9(17)8(13)11(18-10(6)7)16-5-14-4-15-16;12-8-3-1-2-7-9(16)4-10(17-11(7)8)15-6-13-5-14-15/h1-5H;1-6H. The molecule has 0 fully saturated rings. The van der Waals surface area contributed by atoms with Crippen molar-refractivity contribution >= 4 is 67.7 Å². The number of benzene rings is 2. The molecule has 174 valence electrons. The molecule has 6 rings (SSSR count). The number of fused-ring (bicyclic) bond motifs is 2. The fraction of sp³-hybridized carbons (Fsp3) is 0. The molecule has 4 heterocycles. The van der Waals surface area contributed by atoms with E-state index in [1.165, 1.54) is 40.7 Å². The first-order valence-electron chi connectivity index (χ1n) is 9.77.